The number of hydrogen-bond acceptors (Lipinski definition) is 4. The van der Waals surface area contributed by atoms with Crippen molar-refractivity contribution in [1.82, 2.24) is 10.3 Å². The van der Waals surface area contributed by atoms with Gasteiger partial charge in [0.1, 0.15) is 5.69 Å². The van der Waals surface area contributed by atoms with Crippen molar-refractivity contribution >= 4 is 17.2 Å². The maximum atomic E-state index is 11.8. The molecule has 0 unspecified atom stereocenters. The number of aryl methyl sites for hydroxylation is 1. The number of thiazole rings is 1. The van der Waals surface area contributed by atoms with E-state index in [-0.39, 0.29) is 12.0 Å². The number of carbonyl (C=O) groups excluding carboxylic acids is 1. The van der Waals surface area contributed by atoms with Crippen LogP contribution in [0.3, 0.4) is 0 Å². The van der Waals surface area contributed by atoms with Crippen LogP contribution in [-0.4, -0.2) is 30.1 Å². The maximum Gasteiger partial charge on any atom is 0.270 e. The summed E-state index contributed by atoms with van der Waals surface area (Å²) in [5.74, 6) is -0.111. The molecule has 0 aliphatic heterocycles. The number of amides is 1. The van der Waals surface area contributed by atoms with Crippen LogP contribution in [0, 0.1) is 0 Å². The number of carbonyl (C=O) groups is 1. The molecule has 5 heteroatoms. The van der Waals surface area contributed by atoms with Gasteiger partial charge in [0.2, 0.25) is 0 Å². The Bertz CT molecular complexity index is 366. The highest BCUT2D eigenvalue weighted by Gasteiger charge is 2.11. The highest BCUT2D eigenvalue weighted by Crippen LogP contribution is 2.11. The number of hydrogen-bond donors (Lipinski definition) is 1. The van der Waals surface area contributed by atoms with Crippen LogP contribution in [0.25, 0.3) is 0 Å². The Hall–Kier alpha value is -0.940. The summed E-state index contributed by atoms with van der Waals surface area (Å²) in [6.07, 6.45) is 3.03. The Morgan fingerprint density at radius 2 is 2.28 bits per heavy atom. The van der Waals surface area contributed by atoms with E-state index in [1.54, 1.807) is 11.3 Å². The average molecular weight is 270 g/mol. The van der Waals surface area contributed by atoms with E-state index in [4.69, 9.17) is 4.74 Å². The molecule has 1 N–H and O–H groups in total. The first-order valence-electron chi connectivity index (χ1n) is 6.51. The summed E-state index contributed by atoms with van der Waals surface area (Å²) in [4.78, 5) is 16.1. The standard InChI is InChI=1S/C13H22N2O2S/c1-4-6-12-15-11(9-18-12)13(16)14-8-10(3)17-7-5-2/h9-10H,4-8H2,1-3H3,(H,14,16)/t10-/m1/s1. The van der Waals surface area contributed by atoms with Gasteiger partial charge in [-0.15, -0.1) is 11.3 Å². The van der Waals surface area contributed by atoms with Crippen LogP contribution in [-0.2, 0) is 11.2 Å². The minimum atomic E-state index is -0.111. The molecule has 0 saturated heterocycles. The van der Waals surface area contributed by atoms with Crippen LogP contribution in [0.2, 0.25) is 0 Å². The summed E-state index contributed by atoms with van der Waals surface area (Å²) in [6, 6.07) is 0. The summed E-state index contributed by atoms with van der Waals surface area (Å²) in [7, 11) is 0. The number of nitrogens with one attached hydrogen (secondary N) is 1. The normalized spacial score (nSPS) is 12.4. The smallest absolute Gasteiger partial charge is 0.270 e. The summed E-state index contributed by atoms with van der Waals surface area (Å²) >= 11 is 1.55. The Morgan fingerprint density at radius 1 is 1.50 bits per heavy atom. The van der Waals surface area contributed by atoms with E-state index in [0.717, 1.165) is 30.9 Å². The van der Waals surface area contributed by atoms with Gasteiger partial charge in [0.15, 0.2) is 0 Å². The fraction of sp³-hybridized carbons (Fsp3) is 0.692. The molecule has 1 heterocycles. The molecule has 4 nitrogen and oxygen atoms in total. The number of aromatic nitrogens is 1. The van der Waals surface area contributed by atoms with Gasteiger partial charge in [-0.1, -0.05) is 13.8 Å². The molecule has 0 saturated carbocycles. The molecule has 0 radical (unpaired) electrons. The van der Waals surface area contributed by atoms with Gasteiger partial charge < -0.3 is 10.1 Å². The predicted octanol–water partition coefficient (Wildman–Crippen LogP) is 2.64. The van der Waals surface area contributed by atoms with E-state index in [1.807, 2.05) is 12.3 Å². The van der Waals surface area contributed by atoms with Crippen LogP contribution in [0.15, 0.2) is 5.38 Å². The van der Waals surface area contributed by atoms with Crippen LogP contribution in [0.1, 0.15) is 49.1 Å². The fourth-order valence-electron chi connectivity index (χ4n) is 1.45. The van der Waals surface area contributed by atoms with Gasteiger partial charge in [-0.3, -0.25) is 4.79 Å². The van der Waals surface area contributed by atoms with Crippen molar-refractivity contribution in [3.63, 3.8) is 0 Å². The highest BCUT2D eigenvalue weighted by atomic mass is 32.1. The third-order valence-corrected chi connectivity index (χ3v) is 3.31. The van der Waals surface area contributed by atoms with E-state index in [1.165, 1.54) is 0 Å². The first-order valence-corrected chi connectivity index (χ1v) is 7.39. The van der Waals surface area contributed by atoms with E-state index in [2.05, 4.69) is 24.1 Å². The van der Waals surface area contributed by atoms with Gasteiger partial charge in [0.05, 0.1) is 11.1 Å². The summed E-state index contributed by atoms with van der Waals surface area (Å²) in [5, 5.41) is 5.69. The molecule has 1 aromatic heterocycles. The second-order valence-corrected chi connectivity index (χ2v) is 5.21. The predicted molar refractivity (Wildman–Crippen MR) is 74.1 cm³/mol. The zero-order chi connectivity index (χ0) is 13.4. The van der Waals surface area contributed by atoms with Crippen molar-refractivity contribution < 1.29 is 9.53 Å². The molecule has 0 aliphatic carbocycles. The van der Waals surface area contributed by atoms with Crippen LogP contribution in [0.5, 0.6) is 0 Å². The van der Waals surface area contributed by atoms with Crippen LogP contribution in [0.4, 0.5) is 0 Å². The molecular weight excluding hydrogens is 248 g/mol. The Balaban J connectivity index is 2.35. The lowest BCUT2D eigenvalue weighted by Gasteiger charge is -2.12. The largest absolute Gasteiger partial charge is 0.377 e. The Morgan fingerprint density at radius 3 is 2.94 bits per heavy atom. The van der Waals surface area contributed by atoms with Gasteiger partial charge in [0.25, 0.3) is 5.91 Å². The van der Waals surface area contributed by atoms with Crippen LogP contribution < -0.4 is 5.32 Å². The number of rotatable bonds is 8. The molecule has 0 aliphatic rings. The number of nitrogens with zero attached hydrogens (tertiary/aromatic N) is 1. The van der Waals surface area contributed by atoms with Crippen LogP contribution >= 0.6 is 11.3 Å². The molecule has 102 valence electrons. The topological polar surface area (TPSA) is 51.2 Å². The van der Waals surface area contributed by atoms with Gasteiger partial charge in [-0.05, 0) is 26.2 Å². The molecule has 1 amide bonds. The lowest BCUT2D eigenvalue weighted by molar-refractivity contribution is 0.0621. The number of ether oxygens (including phenoxy) is 1. The van der Waals surface area contributed by atoms with Gasteiger partial charge in [-0.2, -0.15) is 0 Å². The summed E-state index contributed by atoms with van der Waals surface area (Å²) in [5.41, 5.74) is 0.520. The van der Waals surface area contributed by atoms with Crippen molar-refractivity contribution in [1.29, 1.82) is 0 Å². The first kappa shape index (κ1) is 15.1. The molecule has 0 bridgehead atoms. The molecule has 1 aromatic rings. The quantitative estimate of drug-likeness (QED) is 0.790. The van der Waals surface area contributed by atoms with Crippen molar-refractivity contribution in [2.45, 2.75) is 46.1 Å². The van der Waals surface area contributed by atoms with E-state index in [0.29, 0.717) is 12.2 Å². The van der Waals surface area contributed by atoms with Gasteiger partial charge in [-0.25, -0.2) is 4.98 Å². The lowest BCUT2D eigenvalue weighted by atomic mass is 10.3. The molecule has 0 spiro atoms. The SMILES string of the molecule is CCCO[C@H](C)CNC(=O)c1csc(CCC)n1. The van der Waals surface area contributed by atoms with E-state index in [9.17, 15) is 4.79 Å². The molecule has 1 atom stereocenters. The highest BCUT2D eigenvalue weighted by molar-refractivity contribution is 7.09. The van der Waals surface area contributed by atoms with Gasteiger partial charge in [0, 0.05) is 18.5 Å². The summed E-state index contributed by atoms with van der Waals surface area (Å²) in [6.45, 7) is 7.39. The molecule has 0 fully saturated rings. The van der Waals surface area contributed by atoms with Gasteiger partial charge >= 0.3 is 0 Å². The third-order valence-electron chi connectivity index (χ3n) is 2.40. The second-order valence-electron chi connectivity index (χ2n) is 4.27. The van der Waals surface area contributed by atoms with Crippen molar-refractivity contribution in [2.75, 3.05) is 13.2 Å². The fourth-order valence-corrected chi connectivity index (χ4v) is 2.33. The monoisotopic (exact) mass is 270 g/mol. The van der Waals surface area contributed by atoms with Crippen molar-refractivity contribution in [2.24, 2.45) is 0 Å². The zero-order valence-electron chi connectivity index (χ0n) is 11.4. The minimum Gasteiger partial charge on any atom is -0.377 e. The summed E-state index contributed by atoms with van der Waals surface area (Å²) < 4.78 is 5.49. The van der Waals surface area contributed by atoms with E-state index < -0.39 is 0 Å². The third kappa shape index (κ3) is 5.14. The molecule has 1 rings (SSSR count). The maximum absolute atomic E-state index is 11.8. The van der Waals surface area contributed by atoms with Crippen molar-refractivity contribution in [3.05, 3.63) is 16.1 Å². The Kier molecular flexibility index (Phi) is 6.90. The zero-order valence-corrected chi connectivity index (χ0v) is 12.2. The first-order chi connectivity index (χ1) is 8.67. The second kappa shape index (κ2) is 8.21. The van der Waals surface area contributed by atoms with E-state index >= 15 is 0 Å². The minimum absolute atomic E-state index is 0.0441. The molecule has 18 heavy (non-hydrogen) atoms. The van der Waals surface area contributed by atoms with Crippen molar-refractivity contribution in [3.8, 4) is 0 Å². The lowest BCUT2D eigenvalue weighted by Crippen LogP contribution is -2.32. The molecule has 0 aromatic carbocycles. The average Bonchev–Trinajstić information content (AvgIpc) is 2.82. The molecular formula is C13H22N2O2S. The Labute approximate surface area is 113 Å².